The van der Waals surface area contributed by atoms with Crippen LogP contribution in [-0.4, -0.2) is 52.7 Å². The van der Waals surface area contributed by atoms with E-state index in [0.717, 1.165) is 49.8 Å². The second-order valence-electron chi connectivity index (χ2n) is 6.47. The number of aromatic carboxylic acids is 1. The number of carboxylic acid groups (broad SMARTS) is 1. The van der Waals surface area contributed by atoms with Gasteiger partial charge in [0.1, 0.15) is 4.88 Å². The minimum atomic E-state index is -0.851. The highest BCUT2D eigenvalue weighted by Crippen LogP contribution is 2.29. The van der Waals surface area contributed by atoms with Gasteiger partial charge in [-0.25, -0.2) is 9.78 Å². The summed E-state index contributed by atoms with van der Waals surface area (Å²) in [7, 11) is 0. The highest BCUT2D eigenvalue weighted by Gasteiger charge is 2.28. The monoisotopic (exact) mass is 311 g/mol. The van der Waals surface area contributed by atoms with Crippen LogP contribution >= 0.6 is 11.3 Å². The fourth-order valence-electron chi connectivity index (χ4n) is 2.62. The standard InChI is InChI=1S/C15H25N3O2S/c1-5-6-11-12(13(19)20)21-14(16-11)17-7-9-18(10-8-17)15(2,3)4/h5-10H2,1-4H3,(H,19,20). The zero-order valence-corrected chi connectivity index (χ0v) is 14.2. The Hall–Kier alpha value is -1.14. The molecule has 1 aliphatic heterocycles. The van der Waals surface area contributed by atoms with Gasteiger partial charge < -0.3 is 10.0 Å². The van der Waals surface area contributed by atoms with E-state index in [-0.39, 0.29) is 5.54 Å². The highest BCUT2D eigenvalue weighted by atomic mass is 32.1. The molecule has 1 N–H and O–H groups in total. The maximum atomic E-state index is 11.3. The molecule has 0 spiro atoms. The molecule has 6 heteroatoms. The van der Waals surface area contributed by atoms with Crippen LogP contribution in [0.4, 0.5) is 5.13 Å². The van der Waals surface area contributed by atoms with Crippen LogP contribution in [0.3, 0.4) is 0 Å². The summed E-state index contributed by atoms with van der Waals surface area (Å²) in [6.07, 6.45) is 1.65. The van der Waals surface area contributed by atoms with Crippen LogP contribution in [0.5, 0.6) is 0 Å². The quantitative estimate of drug-likeness (QED) is 0.926. The first-order valence-corrected chi connectivity index (χ1v) is 8.37. The Morgan fingerprint density at radius 1 is 1.29 bits per heavy atom. The molecule has 1 aromatic rings. The number of thiazole rings is 1. The van der Waals surface area contributed by atoms with Crippen LogP contribution in [0, 0.1) is 0 Å². The number of aryl methyl sites for hydroxylation is 1. The number of nitrogens with zero attached hydrogens (tertiary/aromatic N) is 3. The number of aromatic nitrogens is 1. The van der Waals surface area contributed by atoms with E-state index in [1.165, 1.54) is 11.3 Å². The first-order chi connectivity index (χ1) is 9.82. The number of hydrogen-bond donors (Lipinski definition) is 1. The Kier molecular flexibility index (Phi) is 4.88. The molecule has 2 heterocycles. The molecule has 5 nitrogen and oxygen atoms in total. The molecular weight excluding hydrogens is 286 g/mol. The SMILES string of the molecule is CCCc1nc(N2CCN(C(C)(C)C)CC2)sc1C(=O)O. The summed E-state index contributed by atoms with van der Waals surface area (Å²) in [5.41, 5.74) is 0.928. The molecule has 0 atom stereocenters. The van der Waals surface area contributed by atoms with Crippen molar-refractivity contribution in [2.24, 2.45) is 0 Å². The Labute approximate surface area is 130 Å². The van der Waals surface area contributed by atoms with Crippen molar-refractivity contribution >= 4 is 22.4 Å². The summed E-state index contributed by atoms with van der Waals surface area (Å²) in [6.45, 7) is 12.6. The molecule has 0 unspecified atom stereocenters. The smallest absolute Gasteiger partial charge is 0.347 e. The normalized spacial score (nSPS) is 17.2. The number of piperazine rings is 1. The summed E-state index contributed by atoms with van der Waals surface area (Å²) >= 11 is 1.32. The summed E-state index contributed by atoms with van der Waals surface area (Å²) in [5.74, 6) is -0.851. The van der Waals surface area contributed by atoms with Crippen LogP contribution in [0.25, 0.3) is 0 Å². The maximum Gasteiger partial charge on any atom is 0.347 e. The number of anilines is 1. The largest absolute Gasteiger partial charge is 0.477 e. The zero-order valence-electron chi connectivity index (χ0n) is 13.3. The minimum absolute atomic E-state index is 0.189. The third kappa shape index (κ3) is 3.74. The third-order valence-corrected chi connectivity index (χ3v) is 5.01. The van der Waals surface area contributed by atoms with Gasteiger partial charge in [0.2, 0.25) is 0 Å². The van der Waals surface area contributed by atoms with E-state index in [0.29, 0.717) is 4.88 Å². The molecule has 0 aromatic carbocycles. The van der Waals surface area contributed by atoms with Gasteiger partial charge >= 0.3 is 5.97 Å². The first kappa shape index (κ1) is 16.2. The Morgan fingerprint density at radius 2 is 1.90 bits per heavy atom. The zero-order chi connectivity index (χ0) is 15.6. The molecule has 1 aromatic heterocycles. The van der Waals surface area contributed by atoms with Crippen molar-refractivity contribution < 1.29 is 9.90 Å². The van der Waals surface area contributed by atoms with Crippen molar-refractivity contribution in [1.82, 2.24) is 9.88 Å². The van der Waals surface area contributed by atoms with Crippen molar-refractivity contribution in [1.29, 1.82) is 0 Å². The van der Waals surface area contributed by atoms with Gasteiger partial charge in [-0.3, -0.25) is 4.90 Å². The lowest BCUT2D eigenvalue weighted by atomic mass is 10.1. The van der Waals surface area contributed by atoms with Crippen molar-refractivity contribution in [3.63, 3.8) is 0 Å². The number of rotatable bonds is 4. The molecule has 118 valence electrons. The molecule has 0 amide bonds. The van der Waals surface area contributed by atoms with Gasteiger partial charge in [0.15, 0.2) is 5.13 Å². The summed E-state index contributed by atoms with van der Waals surface area (Å²) in [4.78, 5) is 21.0. The maximum absolute atomic E-state index is 11.3. The third-order valence-electron chi connectivity index (χ3n) is 3.87. The van der Waals surface area contributed by atoms with Gasteiger partial charge in [-0.2, -0.15) is 0 Å². The van der Waals surface area contributed by atoms with Crippen LogP contribution in [0.2, 0.25) is 0 Å². The van der Waals surface area contributed by atoms with E-state index in [1.54, 1.807) is 0 Å². The van der Waals surface area contributed by atoms with Gasteiger partial charge in [0, 0.05) is 31.7 Å². The number of carboxylic acids is 1. The predicted octanol–water partition coefficient (Wildman–Crippen LogP) is 2.71. The average molecular weight is 311 g/mol. The van der Waals surface area contributed by atoms with Gasteiger partial charge in [0.05, 0.1) is 5.69 Å². The Balaban J connectivity index is 2.10. The van der Waals surface area contributed by atoms with Crippen molar-refractivity contribution in [3.05, 3.63) is 10.6 Å². The van der Waals surface area contributed by atoms with Crippen LogP contribution in [0.15, 0.2) is 0 Å². The Morgan fingerprint density at radius 3 is 2.38 bits per heavy atom. The summed E-state index contributed by atoms with van der Waals surface area (Å²) in [5, 5.41) is 10.2. The molecule has 1 aliphatic rings. The fraction of sp³-hybridized carbons (Fsp3) is 0.733. The molecule has 0 radical (unpaired) electrons. The molecule has 1 saturated heterocycles. The number of hydrogen-bond acceptors (Lipinski definition) is 5. The molecule has 0 saturated carbocycles. The van der Waals surface area contributed by atoms with E-state index in [2.05, 4.69) is 35.6 Å². The van der Waals surface area contributed by atoms with E-state index < -0.39 is 5.97 Å². The van der Waals surface area contributed by atoms with Gasteiger partial charge in [0.25, 0.3) is 0 Å². The van der Waals surface area contributed by atoms with Gasteiger partial charge in [-0.05, 0) is 27.2 Å². The molecule has 21 heavy (non-hydrogen) atoms. The summed E-state index contributed by atoms with van der Waals surface area (Å²) in [6, 6.07) is 0. The van der Waals surface area contributed by atoms with E-state index in [1.807, 2.05) is 6.92 Å². The second kappa shape index (κ2) is 6.32. The van der Waals surface area contributed by atoms with Crippen molar-refractivity contribution in [2.75, 3.05) is 31.1 Å². The average Bonchev–Trinajstić information content (AvgIpc) is 2.82. The predicted molar refractivity (Wildman–Crippen MR) is 86.6 cm³/mol. The van der Waals surface area contributed by atoms with E-state index in [9.17, 15) is 9.90 Å². The molecule has 2 rings (SSSR count). The van der Waals surface area contributed by atoms with Gasteiger partial charge in [-0.1, -0.05) is 24.7 Å². The van der Waals surface area contributed by atoms with E-state index >= 15 is 0 Å². The van der Waals surface area contributed by atoms with E-state index in [4.69, 9.17) is 0 Å². The lowest BCUT2D eigenvalue weighted by Gasteiger charge is -2.42. The lowest BCUT2D eigenvalue weighted by molar-refractivity contribution is 0.0700. The topological polar surface area (TPSA) is 56.7 Å². The minimum Gasteiger partial charge on any atom is -0.477 e. The molecule has 0 aliphatic carbocycles. The fourth-order valence-corrected chi connectivity index (χ4v) is 3.62. The van der Waals surface area contributed by atoms with Crippen molar-refractivity contribution in [2.45, 2.75) is 46.1 Å². The van der Waals surface area contributed by atoms with Crippen LogP contribution in [0.1, 0.15) is 49.5 Å². The molecular formula is C15H25N3O2S. The second-order valence-corrected chi connectivity index (χ2v) is 7.45. The van der Waals surface area contributed by atoms with Gasteiger partial charge in [-0.15, -0.1) is 0 Å². The van der Waals surface area contributed by atoms with Crippen LogP contribution < -0.4 is 4.90 Å². The van der Waals surface area contributed by atoms with Crippen molar-refractivity contribution in [3.8, 4) is 0 Å². The first-order valence-electron chi connectivity index (χ1n) is 7.56. The molecule has 1 fully saturated rings. The highest BCUT2D eigenvalue weighted by molar-refractivity contribution is 7.17. The van der Waals surface area contributed by atoms with Crippen LogP contribution in [-0.2, 0) is 6.42 Å². The summed E-state index contributed by atoms with van der Waals surface area (Å²) < 4.78 is 0. The Bertz CT molecular complexity index is 500. The number of carbonyl (C=O) groups is 1. The molecule has 0 bridgehead atoms. The lowest BCUT2D eigenvalue weighted by Crippen LogP contribution is -2.53.